The summed E-state index contributed by atoms with van der Waals surface area (Å²) in [6.07, 6.45) is 3.49. The van der Waals surface area contributed by atoms with E-state index in [0.717, 1.165) is 31.4 Å². The summed E-state index contributed by atoms with van der Waals surface area (Å²) in [6, 6.07) is 9.48. The first kappa shape index (κ1) is 13.1. The van der Waals surface area contributed by atoms with Crippen LogP contribution in [0.1, 0.15) is 37.5 Å². The van der Waals surface area contributed by atoms with Crippen LogP contribution in [0.25, 0.3) is 0 Å². The molecule has 2 atom stereocenters. The van der Waals surface area contributed by atoms with E-state index in [2.05, 4.69) is 15.4 Å². The van der Waals surface area contributed by atoms with Crippen molar-refractivity contribution in [2.24, 2.45) is 0 Å². The highest BCUT2D eigenvalue weighted by Crippen LogP contribution is 2.27. The fraction of sp³-hybridized carbons (Fsp3) is 0.500. The molecule has 1 aliphatic rings. The van der Waals surface area contributed by atoms with Crippen LogP contribution in [0.2, 0.25) is 0 Å². The third kappa shape index (κ3) is 2.96. The van der Waals surface area contributed by atoms with Crippen LogP contribution in [-0.4, -0.2) is 31.4 Å². The van der Waals surface area contributed by atoms with E-state index in [-0.39, 0.29) is 18.8 Å². The molecule has 1 fully saturated rings. The average molecular weight is 274 g/mol. The van der Waals surface area contributed by atoms with E-state index in [1.54, 1.807) is 0 Å². The molecule has 1 saturated carbocycles. The monoisotopic (exact) mass is 274 g/mol. The molecule has 6 heteroatoms. The predicted molar refractivity (Wildman–Crippen MR) is 72.1 cm³/mol. The van der Waals surface area contributed by atoms with E-state index in [4.69, 9.17) is 4.74 Å². The Morgan fingerprint density at radius 2 is 2.00 bits per heavy atom. The largest absolute Gasteiger partial charge is 0.485 e. The van der Waals surface area contributed by atoms with Gasteiger partial charge in [-0.3, -0.25) is 0 Å². The van der Waals surface area contributed by atoms with E-state index < -0.39 is 0 Å². The molecule has 2 unspecified atom stereocenters. The van der Waals surface area contributed by atoms with E-state index in [0.29, 0.717) is 5.82 Å². The third-order valence-electron chi connectivity index (χ3n) is 3.57. The van der Waals surface area contributed by atoms with Gasteiger partial charge in [-0.25, -0.2) is 0 Å². The van der Waals surface area contributed by atoms with Crippen LogP contribution < -0.4 is 4.74 Å². The lowest BCUT2D eigenvalue weighted by molar-refractivity contribution is 0.0610. The van der Waals surface area contributed by atoms with Crippen molar-refractivity contribution in [3.8, 4) is 5.75 Å². The Bertz CT molecular complexity index is 543. The normalized spacial score (nSPS) is 22.6. The number of rotatable bonds is 4. The quantitative estimate of drug-likeness (QED) is 0.919. The first-order valence-electron chi connectivity index (χ1n) is 6.97. The van der Waals surface area contributed by atoms with Gasteiger partial charge >= 0.3 is 0 Å². The molecule has 1 N–H and O–H groups in total. The zero-order chi connectivity index (χ0) is 13.8. The Morgan fingerprint density at radius 1 is 1.20 bits per heavy atom. The molecule has 106 valence electrons. The highest BCUT2D eigenvalue weighted by atomic mass is 16.5. The van der Waals surface area contributed by atoms with Gasteiger partial charge in [-0.2, -0.15) is 4.80 Å². The molecule has 0 spiro atoms. The molecule has 1 heterocycles. The first-order valence-corrected chi connectivity index (χ1v) is 6.97. The van der Waals surface area contributed by atoms with Crippen LogP contribution in [0.15, 0.2) is 30.3 Å². The van der Waals surface area contributed by atoms with Gasteiger partial charge < -0.3 is 9.84 Å². The second kappa shape index (κ2) is 6.00. The second-order valence-corrected chi connectivity index (χ2v) is 5.05. The van der Waals surface area contributed by atoms with E-state index in [9.17, 15) is 5.11 Å². The van der Waals surface area contributed by atoms with Crippen LogP contribution in [0.3, 0.4) is 0 Å². The molecule has 6 nitrogen and oxygen atoms in total. The van der Waals surface area contributed by atoms with Gasteiger partial charge in [0, 0.05) is 0 Å². The molecule has 0 saturated heterocycles. The molecule has 20 heavy (non-hydrogen) atoms. The highest BCUT2D eigenvalue weighted by molar-refractivity contribution is 5.20. The second-order valence-electron chi connectivity index (χ2n) is 5.05. The molecule has 0 radical (unpaired) electrons. The Hall–Kier alpha value is -1.95. The summed E-state index contributed by atoms with van der Waals surface area (Å²) in [4.78, 5) is 1.54. The summed E-state index contributed by atoms with van der Waals surface area (Å²) < 4.78 is 5.58. The van der Waals surface area contributed by atoms with Crippen LogP contribution in [0, 0.1) is 0 Å². The van der Waals surface area contributed by atoms with Crippen molar-refractivity contribution < 1.29 is 9.84 Å². The van der Waals surface area contributed by atoms with Crippen LogP contribution in [-0.2, 0) is 6.61 Å². The molecule has 0 amide bonds. The van der Waals surface area contributed by atoms with Gasteiger partial charge in [0.15, 0.2) is 6.61 Å². The zero-order valence-corrected chi connectivity index (χ0v) is 11.2. The summed E-state index contributed by atoms with van der Waals surface area (Å²) in [5.74, 6) is 1.31. The molecule has 2 aromatic rings. The third-order valence-corrected chi connectivity index (χ3v) is 3.57. The Balaban J connectivity index is 1.62. The number of aliphatic hydroxyl groups is 1. The van der Waals surface area contributed by atoms with Gasteiger partial charge in [-0.15, -0.1) is 10.2 Å². The number of aromatic nitrogens is 4. The number of para-hydroxylation sites is 1. The number of nitrogens with zero attached hydrogens (tertiary/aromatic N) is 4. The first-order chi connectivity index (χ1) is 9.83. The number of aliphatic hydroxyl groups excluding tert-OH is 1. The molecule has 1 aromatic heterocycles. The van der Waals surface area contributed by atoms with Gasteiger partial charge in [0.25, 0.3) is 0 Å². The number of ether oxygens (including phenoxy) is 1. The van der Waals surface area contributed by atoms with Gasteiger partial charge in [0.2, 0.25) is 5.82 Å². The maximum Gasteiger partial charge on any atom is 0.212 e. The molecule has 0 aliphatic heterocycles. The van der Waals surface area contributed by atoms with E-state index in [1.807, 2.05) is 30.3 Å². The van der Waals surface area contributed by atoms with Crippen LogP contribution in [0.4, 0.5) is 0 Å². The van der Waals surface area contributed by atoms with Crippen molar-refractivity contribution >= 4 is 0 Å². The van der Waals surface area contributed by atoms with Gasteiger partial charge in [-0.1, -0.05) is 31.0 Å². The van der Waals surface area contributed by atoms with Gasteiger partial charge in [0.05, 0.1) is 12.1 Å². The minimum absolute atomic E-state index is 0.0540. The van der Waals surface area contributed by atoms with Gasteiger partial charge in [0.1, 0.15) is 5.75 Å². The Morgan fingerprint density at radius 3 is 2.80 bits per heavy atom. The molecular weight excluding hydrogens is 256 g/mol. The summed E-state index contributed by atoms with van der Waals surface area (Å²) in [7, 11) is 0. The minimum Gasteiger partial charge on any atom is -0.485 e. The highest BCUT2D eigenvalue weighted by Gasteiger charge is 2.26. The SMILES string of the molecule is OC1CCCCC1n1nnc(COc2ccccc2)n1. The van der Waals surface area contributed by atoms with Crippen molar-refractivity contribution in [1.29, 1.82) is 0 Å². The van der Waals surface area contributed by atoms with Gasteiger partial charge in [-0.05, 0) is 30.2 Å². The van der Waals surface area contributed by atoms with E-state index in [1.165, 1.54) is 4.80 Å². The maximum atomic E-state index is 9.98. The minimum atomic E-state index is -0.374. The Kier molecular flexibility index (Phi) is 3.92. The Labute approximate surface area is 117 Å². The molecule has 3 rings (SSSR count). The summed E-state index contributed by atoms with van der Waals surface area (Å²) in [5.41, 5.74) is 0. The molecule has 0 bridgehead atoms. The van der Waals surface area contributed by atoms with Crippen molar-refractivity contribution in [3.05, 3.63) is 36.2 Å². The van der Waals surface area contributed by atoms with Crippen molar-refractivity contribution in [2.75, 3.05) is 0 Å². The van der Waals surface area contributed by atoms with Crippen LogP contribution in [0.5, 0.6) is 5.75 Å². The van der Waals surface area contributed by atoms with Crippen LogP contribution >= 0.6 is 0 Å². The number of benzene rings is 1. The number of tetrazole rings is 1. The summed E-state index contributed by atoms with van der Waals surface area (Å²) in [5, 5.41) is 22.3. The summed E-state index contributed by atoms with van der Waals surface area (Å²) in [6.45, 7) is 0.285. The van der Waals surface area contributed by atoms with Crippen molar-refractivity contribution in [3.63, 3.8) is 0 Å². The number of hydrogen-bond acceptors (Lipinski definition) is 5. The lowest BCUT2D eigenvalue weighted by Crippen LogP contribution is -2.29. The lowest BCUT2D eigenvalue weighted by atomic mass is 9.93. The fourth-order valence-electron chi connectivity index (χ4n) is 2.48. The zero-order valence-electron chi connectivity index (χ0n) is 11.2. The van der Waals surface area contributed by atoms with Crippen molar-refractivity contribution in [1.82, 2.24) is 20.2 Å². The standard InChI is InChI=1S/C14H18N4O2/c19-13-9-5-4-8-12(13)18-16-14(15-17-18)10-20-11-6-2-1-3-7-11/h1-3,6-7,12-13,19H,4-5,8-10H2. The lowest BCUT2D eigenvalue weighted by Gasteiger charge is -2.25. The average Bonchev–Trinajstić information content (AvgIpc) is 2.95. The molecule has 1 aliphatic carbocycles. The van der Waals surface area contributed by atoms with Crippen molar-refractivity contribution in [2.45, 2.75) is 44.4 Å². The fourth-order valence-corrected chi connectivity index (χ4v) is 2.48. The predicted octanol–water partition coefficient (Wildman–Crippen LogP) is 1.73. The topological polar surface area (TPSA) is 73.1 Å². The maximum absolute atomic E-state index is 9.98. The number of hydrogen-bond donors (Lipinski definition) is 1. The molecule has 1 aromatic carbocycles. The smallest absolute Gasteiger partial charge is 0.212 e. The molecular formula is C14H18N4O2. The summed E-state index contributed by atoms with van der Waals surface area (Å²) >= 11 is 0. The van der Waals surface area contributed by atoms with E-state index >= 15 is 0 Å².